The summed E-state index contributed by atoms with van der Waals surface area (Å²) in [6, 6.07) is 4.89. The predicted molar refractivity (Wildman–Crippen MR) is 104 cm³/mol. The van der Waals surface area contributed by atoms with E-state index in [2.05, 4.69) is 25.1 Å². The first kappa shape index (κ1) is 19.3. The molecule has 8 nitrogen and oxygen atoms in total. The maximum absolute atomic E-state index is 13.7. The number of hydrogen-bond acceptors (Lipinski definition) is 6. The van der Waals surface area contributed by atoms with Crippen LogP contribution in [0.5, 0.6) is 0 Å². The van der Waals surface area contributed by atoms with E-state index < -0.39 is 23.4 Å². The van der Waals surface area contributed by atoms with Gasteiger partial charge in [0.1, 0.15) is 35.3 Å². The van der Waals surface area contributed by atoms with E-state index in [1.165, 1.54) is 11.0 Å². The molecule has 0 unspecified atom stereocenters. The van der Waals surface area contributed by atoms with Crippen molar-refractivity contribution in [3.63, 3.8) is 0 Å². The molecule has 0 saturated carbocycles. The lowest BCUT2D eigenvalue weighted by Crippen LogP contribution is -2.50. The number of urea groups is 1. The Balaban J connectivity index is 1.36. The van der Waals surface area contributed by atoms with Gasteiger partial charge in [-0.15, -0.1) is 0 Å². The van der Waals surface area contributed by atoms with E-state index in [0.29, 0.717) is 39.4 Å². The number of rotatable bonds is 3. The van der Waals surface area contributed by atoms with Crippen LogP contribution in [0.1, 0.15) is 0 Å². The van der Waals surface area contributed by atoms with E-state index in [0.717, 1.165) is 36.9 Å². The predicted octanol–water partition coefficient (Wildman–Crippen LogP) is 1.95. The van der Waals surface area contributed by atoms with E-state index in [4.69, 9.17) is 4.74 Å². The van der Waals surface area contributed by atoms with Crippen LogP contribution in [0.2, 0.25) is 0 Å². The smallest absolute Gasteiger partial charge is 0.322 e. The zero-order valence-electron chi connectivity index (χ0n) is 15.9. The van der Waals surface area contributed by atoms with Crippen LogP contribution in [0.3, 0.4) is 0 Å². The zero-order chi connectivity index (χ0) is 20.2. The summed E-state index contributed by atoms with van der Waals surface area (Å²) in [4.78, 5) is 26.9. The number of halogens is 2. The molecule has 2 aliphatic rings. The van der Waals surface area contributed by atoms with Crippen molar-refractivity contribution in [1.29, 1.82) is 0 Å². The first-order valence-electron chi connectivity index (χ1n) is 9.51. The maximum atomic E-state index is 13.7. The Morgan fingerprint density at radius 1 is 0.931 bits per heavy atom. The van der Waals surface area contributed by atoms with Gasteiger partial charge in [0.25, 0.3) is 0 Å². The second-order valence-corrected chi connectivity index (χ2v) is 6.83. The van der Waals surface area contributed by atoms with Gasteiger partial charge in [0, 0.05) is 45.3 Å². The highest BCUT2D eigenvalue weighted by atomic mass is 19.1. The van der Waals surface area contributed by atoms with Gasteiger partial charge < -0.3 is 24.8 Å². The van der Waals surface area contributed by atoms with E-state index in [1.54, 1.807) is 6.33 Å². The van der Waals surface area contributed by atoms with Crippen LogP contribution in [0, 0.1) is 11.6 Å². The van der Waals surface area contributed by atoms with Crippen LogP contribution in [-0.2, 0) is 4.74 Å². The number of nitrogens with one attached hydrogen (secondary N) is 1. The number of ether oxygens (including phenoxy) is 1. The van der Waals surface area contributed by atoms with E-state index in [9.17, 15) is 13.6 Å². The van der Waals surface area contributed by atoms with Gasteiger partial charge in [0.15, 0.2) is 0 Å². The second kappa shape index (κ2) is 8.56. The maximum Gasteiger partial charge on any atom is 0.322 e. The number of hydrogen-bond donors (Lipinski definition) is 1. The quantitative estimate of drug-likeness (QED) is 0.843. The van der Waals surface area contributed by atoms with Crippen LogP contribution in [-0.4, -0.2) is 73.4 Å². The van der Waals surface area contributed by atoms with Gasteiger partial charge in [-0.3, -0.25) is 0 Å². The average molecular weight is 404 g/mol. The normalized spacial score (nSPS) is 17.4. The van der Waals surface area contributed by atoms with Gasteiger partial charge in [-0.25, -0.2) is 23.5 Å². The molecule has 0 spiro atoms. The minimum absolute atomic E-state index is 0.415. The summed E-state index contributed by atoms with van der Waals surface area (Å²) in [7, 11) is 0. The standard InChI is InChI=1S/C19H22F2N6O2/c20-14-2-1-3-15(21)18(14)24-19(28)27-6-4-25(5-7-27)16-12-17(23-13-22-16)26-8-10-29-11-9-26/h1-3,12-13H,4-11H2,(H,24,28). The number of amides is 2. The Labute approximate surface area is 167 Å². The number of aromatic nitrogens is 2. The van der Waals surface area contributed by atoms with Crippen LogP contribution >= 0.6 is 0 Å². The third-order valence-corrected chi connectivity index (χ3v) is 5.06. The molecule has 0 bridgehead atoms. The molecule has 29 heavy (non-hydrogen) atoms. The number of morpholine rings is 1. The fraction of sp³-hybridized carbons (Fsp3) is 0.421. The fourth-order valence-electron chi connectivity index (χ4n) is 3.42. The molecule has 1 aromatic heterocycles. The topological polar surface area (TPSA) is 73.8 Å². The average Bonchev–Trinajstić information content (AvgIpc) is 2.77. The van der Waals surface area contributed by atoms with Crippen molar-refractivity contribution >= 4 is 23.4 Å². The Kier molecular flexibility index (Phi) is 5.70. The molecular weight excluding hydrogens is 382 g/mol. The lowest BCUT2D eigenvalue weighted by Gasteiger charge is -2.36. The molecule has 2 amide bonds. The minimum Gasteiger partial charge on any atom is -0.378 e. The third kappa shape index (κ3) is 4.37. The lowest BCUT2D eigenvalue weighted by molar-refractivity contribution is 0.122. The van der Waals surface area contributed by atoms with E-state index >= 15 is 0 Å². The van der Waals surface area contributed by atoms with Crippen LogP contribution in [0.25, 0.3) is 0 Å². The highest BCUT2D eigenvalue weighted by Crippen LogP contribution is 2.21. The molecule has 2 aromatic rings. The summed E-state index contributed by atoms with van der Waals surface area (Å²) in [5.41, 5.74) is -0.425. The van der Waals surface area contributed by atoms with Crippen LogP contribution in [0.4, 0.5) is 30.9 Å². The van der Waals surface area contributed by atoms with Crippen molar-refractivity contribution in [2.45, 2.75) is 0 Å². The molecule has 0 radical (unpaired) electrons. The van der Waals surface area contributed by atoms with Gasteiger partial charge in [0.2, 0.25) is 0 Å². The first-order chi connectivity index (χ1) is 14.1. The van der Waals surface area contributed by atoms with Crippen LogP contribution in [0.15, 0.2) is 30.6 Å². The summed E-state index contributed by atoms with van der Waals surface area (Å²) >= 11 is 0. The zero-order valence-corrected chi connectivity index (χ0v) is 15.9. The summed E-state index contributed by atoms with van der Waals surface area (Å²) in [5, 5.41) is 2.33. The Morgan fingerprint density at radius 2 is 1.52 bits per heavy atom. The van der Waals surface area contributed by atoms with Crippen molar-refractivity contribution in [2.75, 3.05) is 67.6 Å². The monoisotopic (exact) mass is 404 g/mol. The lowest BCUT2D eigenvalue weighted by atomic mass is 10.3. The van der Waals surface area contributed by atoms with Crippen molar-refractivity contribution < 1.29 is 18.3 Å². The number of benzene rings is 1. The minimum atomic E-state index is -0.798. The molecule has 3 heterocycles. The van der Waals surface area contributed by atoms with E-state index in [-0.39, 0.29) is 0 Å². The highest BCUT2D eigenvalue weighted by Gasteiger charge is 2.24. The summed E-state index contributed by atoms with van der Waals surface area (Å²) < 4.78 is 32.9. The Hall–Kier alpha value is -3.01. The van der Waals surface area contributed by atoms with Gasteiger partial charge in [0.05, 0.1) is 13.2 Å². The summed E-state index contributed by atoms with van der Waals surface area (Å²) in [6.45, 7) is 4.89. The number of piperazine rings is 1. The van der Waals surface area contributed by atoms with Crippen molar-refractivity contribution in [3.8, 4) is 0 Å². The number of para-hydroxylation sites is 1. The fourth-order valence-corrected chi connectivity index (χ4v) is 3.42. The Bertz CT molecular complexity index is 849. The molecule has 0 aliphatic carbocycles. The molecule has 0 atom stereocenters. The largest absolute Gasteiger partial charge is 0.378 e. The van der Waals surface area contributed by atoms with Gasteiger partial charge in [-0.1, -0.05) is 6.07 Å². The molecule has 154 valence electrons. The van der Waals surface area contributed by atoms with Crippen LogP contribution < -0.4 is 15.1 Å². The van der Waals surface area contributed by atoms with Gasteiger partial charge in [-0.2, -0.15) is 0 Å². The number of carbonyl (C=O) groups is 1. The van der Waals surface area contributed by atoms with Gasteiger partial charge >= 0.3 is 6.03 Å². The molecule has 1 aromatic carbocycles. The van der Waals surface area contributed by atoms with Crippen molar-refractivity contribution in [1.82, 2.24) is 14.9 Å². The Morgan fingerprint density at radius 3 is 2.14 bits per heavy atom. The highest BCUT2D eigenvalue weighted by molar-refractivity contribution is 5.89. The summed E-state index contributed by atoms with van der Waals surface area (Å²) in [5.74, 6) is 0.0532. The molecular formula is C19H22F2N6O2. The third-order valence-electron chi connectivity index (χ3n) is 5.06. The molecule has 1 N–H and O–H groups in total. The molecule has 2 saturated heterocycles. The summed E-state index contributed by atoms with van der Waals surface area (Å²) in [6.07, 6.45) is 1.54. The number of nitrogens with zero attached hydrogens (tertiary/aromatic N) is 5. The first-order valence-corrected chi connectivity index (χ1v) is 9.51. The number of anilines is 3. The molecule has 2 fully saturated rings. The van der Waals surface area contributed by atoms with E-state index in [1.807, 2.05) is 6.07 Å². The molecule has 2 aliphatic heterocycles. The SMILES string of the molecule is O=C(Nc1c(F)cccc1F)N1CCN(c2cc(N3CCOCC3)ncn2)CC1. The van der Waals surface area contributed by atoms with Crippen molar-refractivity contribution in [3.05, 3.63) is 42.2 Å². The molecule has 10 heteroatoms. The van der Waals surface area contributed by atoms with Gasteiger partial charge in [-0.05, 0) is 12.1 Å². The van der Waals surface area contributed by atoms with Crippen molar-refractivity contribution in [2.24, 2.45) is 0 Å². The number of carbonyl (C=O) groups excluding carboxylic acids is 1. The molecule has 4 rings (SSSR count). The second-order valence-electron chi connectivity index (χ2n) is 6.83.